The molecule has 1 heterocycles. The molecule has 19 heavy (non-hydrogen) atoms. The molecular weight excluding hydrogens is 244 g/mol. The van der Waals surface area contributed by atoms with Gasteiger partial charge >= 0.3 is 0 Å². The number of hydrogen-bond acceptors (Lipinski definition) is 4. The maximum atomic E-state index is 11.8. The molecule has 0 radical (unpaired) electrons. The zero-order valence-corrected chi connectivity index (χ0v) is 11.6. The molecule has 2 rings (SSSR count). The van der Waals surface area contributed by atoms with Gasteiger partial charge in [-0.2, -0.15) is 0 Å². The summed E-state index contributed by atoms with van der Waals surface area (Å²) in [5.41, 5.74) is 5.85. The molecule has 0 aromatic rings. The van der Waals surface area contributed by atoms with E-state index >= 15 is 0 Å². The summed E-state index contributed by atoms with van der Waals surface area (Å²) in [5.74, 6) is 0.135. The third kappa shape index (κ3) is 5.09. The minimum atomic E-state index is 0.0291. The second kappa shape index (κ2) is 7.82. The van der Waals surface area contributed by atoms with Crippen LogP contribution >= 0.6 is 0 Å². The first kappa shape index (κ1) is 14.8. The molecule has 5 heteroatoms. The Morgan fingerprint density at radius 3 is 2.74 bits per heavy atom. The lowest BCUT2D eigenvalue weighted by molar-refractivity contribution is -0.129. The van der Waals surface area contributed by atoms with Gasteiger partial charge < -0.3 is 20.5 Å². The lowest BCUT2D eigenvalue weighted by Crippen LogP contribution is -2.38. The van der Waals surface area contributed by atoms with Gasteiger partial charge in [-0.3, -0.25) is 4.79 Å². The van der Waals surface area contributed by atoms with Crippen LogP contribution in [-0.2, 0) is 14.3 Å². The van der Waals surface area contributed by atoms with Crippen LogP contribution in [0.2, 0.25) is 0 Å². The van der Waals surface area contributed by atoms with Crippen molar-refractivity contribution in [3.8, 4) is 0 Å². The van der Waals surface area contributed by atoms with Crippen LogP contribution in [-0.4, -0.2) is 44.4 Å². The number of ether oxygens (including phenoxy) is 2. The molecule has 1 saturated carbocycles. The monoisotopic (exact) mass is 270 g/mol. The van der Waals surface area contributed by atoms with Gasteiger partial charge in [-0.15, -0.1) is 0 Å². The Kier molecular flexibility index (Phi) is 6.07. The Labute approximate surface area is 115 Å². The molecule has 0 bridgehead atoms. The maximum absolute atomic E-state index is 11.8. The lowest BCUT2D eigenvalue weighted by Gasteiger charge is -2.26. The van der Waals surface area contributed by atoms with Crippen molar-refractivity contribution in [3.63, 3.8) is 0 Å². The summed E-state index contributed by atoms with van der Waals surface area (Å²) >= 11 is 0. The highest BCUT2D eigenvalue weighted by molar-refractivity contribution is 5.78. The number of amides is 1. The fraction of sp³-hybridized carbons (Fsp3) is 0.929. The topological polar surface area (TPSA) is 73.6 Å². The van der Waals surface area contributed by atoms with Crippen LogP contribution in [0.4, 0.5) is 0 Å². The van der Waals surface area contributed by atoms with E-state index in [-0.39, 0.29) is 11.8 Å². The molecule has 3 N–H and O–H groups in total. The molecule has 1 amide bonds. The lowest BCUT2D eigenvalue weighted by atomic mass is 9.94. The van der Waals surface area contributed by atoms with Crippen molar-refractivity contribution in [3.05, 3.63) is 0 Å². The predicted molar refractivity (Wildman–Crippen MR) is 72.7 cm³/mol. The van der Waals surface area contributed by atoms with E-state index in [1.54, 1.807) is 0 Å². The van der Waals surface area contributed by atoms with Gasteiger partial charge in [-0.05, 0) is 38.5 Å². The van der Waals surface area contributed by atoms with Crippen LogP contribution in [0, 0.1) is 5.92 Å². The van der Waals surface area contributed by atoms with Crippen LogP contribution in [0.5, 0.6) is 0 Å². The Bertz CT molecular complexity index is 272. The minimum absolute atomic E-state index is 0.0291. The van der Waals surface area contributed by atoms with E-state index in [2.05, 4.69) is 5.32 Å². The second-order valence-electron chi connectivity index (χ2n) is 5.61. The number of carbonyl (C=O) groups excluding carboxylic acids is 1. The zero-order valence-electron chi connectivity index (χ0n) is 11.6. The van der Waals surface area contributed by atoms with E-state index in [4.69, 9.17) is 15.2 Å². The average Bonchev–Trinajstić information content (AvgIpc) is 2.46. The molecule has 5 nitrogen and oxygen atoms in total. The quantitative estimate of drug-likeness (QED) is 0.725. The number of nitrogens with one attached hydrogen (secondary N) is 1. The number of nitrogens with two attached hydrogens (primary N) is 1. The third-order valence-corrected chi connectivity index (χ3v) is 4.00. The Hall–Kier alpha value is -0.650. The zero-order chi connectivity index (χ0) is 13.5. The molecule has 1 saturated heterocycles. The molecule has 1 atom stereocenters. The van der Waals surface area contributed by atoms with Gasteiger partial charge in [0.1, 0.15) is 0 Å². The molecule has 0 aromatic heterocycles. The molecule has 0 spiro atoms. The standard InChI is InChI=1S/C14H26N2O3/c15-12-3-5-13(6-4-12)19-9-7-16-14(17)11-2-1-8-18-10-11/h11-13H,1-10,15H2,(H,16,17). The predicted octanol–water partition coefficient (Wildman–Crippen LogP) is 0.816. The third-order valence-electron chi connectivity index (χ3n) is 4.00. The first-order valence-electron chi connectivity index (χ1n) is 7.48. The summed E-state index contributed by atoms with van der Waals surface area (Å²) in [4.78, 5) is 11.8. The molecule has 2 fully saturated rings. The first-order valence-corrected chi connectivity index (χ1v) is 7.48. The van der Waals surface area contributed by atoms with E-state index in [0.29, 0.717) is 31.9 Å². The van der Waals surface area contributed by atoms with Crippen LogP contribution in [0.25, 0.3) is 0 Å². The van der Waals surface area contributed by atoms with E-state index < -0.39 is 0 Å². The Morgan fingerprint density at radius 1 is 1.26 bits per heavy atom. The second-order valence-corrected chi connectivity index (χ2v) is 5.61. The van der Waals surface area contributed by atoms with Crippen molar-refractivity contribution >= 4 is 5.91 Å². The van der Waals surface area contributed by atoms with Crippen molar-refractivity contribution in [2.75, 3.05) is 26.4 Å². The van der Waals surface area contributed by atoms with Crippen LogP contribution in [0.1, 0.15) is 38.5 Å². The van der Waals surface area contributed by atoms with Gasteiger partial charge in [0.15, 0.2) is 0 Å². The molecule has 1 aliphatic heterocycles. The fourth-order valence-corrected chi connectivity index (χ4v) is 2.75. The highest BCUT2D eigenvalue weighted by Gasteiger charge is 2.22. The highest BCUT2D eigenvalue weighted by Crippen LogP contribution is 2.19. The van der Waals surface area contributed by atoms with Crippen molar-refractivity contribution < 1.29 is 14.3 Å². The summed E-state index contributed by atoms with van der Waals surface area (Å²) in [6, 6.07) is 0.353. The van der Waals surface area contributed by atoms with Gasteiger partial charge in [0.2, 0.25) is 5.91 Å². The summed E-state index contributed by atoms with van der Waals surface area (Å²) in [6.07, 6.45) is 6.45. The van der Waals surface area contributed by atoms with E-state index in [9.17, 15) is 4.79 Å². The van der Waals surface area contributed by atoms with Crippen LogP contribution in [0.3, 0.4) is 0 Å². The van der Waals surface area contributed by atoms with Crippen molar-refractivity contribution in [1.29, 1.82) is 0 Å². The van der Waals surface area contributed by atoms with E-state index in [1.807, 2.05) is 0 Å². The van der Waals surface area contributed by atoms with Gasteiger partial charge in [-0.1, -0.05) is 0 Å². The first-order chi connectivity index (χ1) is 9.25. The van der Waals surface area contributed by atoms with Gasteiger partial charge in [0.25, 0.3) is 0 Å². The van der Waals surface area contributed by atoms with Gasteiger partial charge in [0.05, 0.1) is 25.2 Å². The Morgan fingerprint density at radius 2 is 2.05 bits per heavy atom. The van der Waals surface area contributed by atoms with Crippen LogP contribution < -0.4 is 11.1 Å². The summed E-state index contributed by atoms with van der Waals surface area (Å²) in [7, 11) is 0. The smallest absolute Gasteiger partial charge is 0.225 e. The number of carbonyl (C=O) groups is 1. The molecule has 1 unspecified atom stereocenters. The summed E-state index contributed by atoms with van der Waals surface area (Å²) < 4.78 is 11.1. The normalized spacial score (nSPS) is 31.9. The minimum Gasteiger partial charge on any atom is -0.381 e. The highest BCUT2D eigenvalue weighted by atomic mass is 16.5. The van der Waals surface area contributed by atoms with E-state index in [1.165, 1.54) is 0 Å². The number of rotatable bonds is 5. The largest absolute Gasteiger partial charge is 0.381 e. The maximum Gasteiger partial charge on any atom is 0.225 e. The molecule has 1 aliphatic carbocycles. The Balaban J connectivity index is 1.52. The van der Waals surface area contributed by atoms with Crippen LogP contribution in [0.15, 0.2) is 0 Å². The van der Waals surface area contributed by atoms with E-state index in [0.717, 1.165) is 45.1 Å². The molecule has 110 valence electrons. The molecule has 2 aliphatic rings. The number of hydrogen-bond donors (Lipinski definition) is 2. The summed E-state index contributed by atoms with van der Waals surface area (Å²) in [5, 5.41) is 2.93. The van der Waals surface area contributed by atoms with Gasteiger partial charge in [0, 0.05) is 19.2 Å². The van der Waals surface area contributed by atoms with Crippen molar-refractivity contribution in [2.45, 2.75) is 50.7 Å². The SMILES string of the molecule is NC1CCC(OCCNC(=O)C2CCCOC2)CC1. The fourth-order valence-electron chi connectivity index (χ4n) is 2.75. The molecule has 0 aromatic carbocycles. The van der Waals surface area contributed by atoms with Crippen molar-refractivity contribution in [1.82, 2.24) is 5.32 Å². The average molecular weight is 270 g/mol. The van der Waals surface area contributed by atoms with Gasteiger partial charge in [-0.25, -0.2) is 0 Å². The van der Waals surface area contributed by atoms with Crippen molar-refractivity contribution in [2.24, 2.45) is 11.7 Å². The summed E-state index contributed by atoms with van der Waals surface area (Å²) in [6.45, 7) is 2.54. The molecular formula is C14H26N2O3.